The second-order valence-corrected chi connectivity index (χ2v) is 8.29. The number of carbonyl (C=O) groups excluding carboxylic acids is 1. The van der Waals surface area contributed by atoms with Crippen LogP contribution in [0.4, 0.5) is 11.5 Å². The summed E-state index contributed by atoms with van der Waals surface area (Å²) < 4.78 is 12.6. The fourth-order valence-corrected chi connectivity index (χ4v) is 4.23. The van der Waals surface area contributed by atoms with Gasteiger partial charge >= 0.3 is 0 Å². The molecule has 11 nitrogen and oxygen atoms in total. The van der Waals surface area contributed by atoms with Crippen LogP contribution in [0.2, 0.25) is 0 Å². The van der Waals surface area contributed by atoms with E-state index in [0.29, 0.717) is 49.1 Å². The first-order valence-corrected chi connectivity index (χ1v) is 11.5. The third-order valence-electron chi connectivity index (χ3n) is 5.93. The number of benzene rings is 2. The van der Waals surface area contributed by atoms with E-state index in [4.69, 9.17) is 20.3 Å². The predicted octanol–water partition coefficient (Wildman–Crippen LogP) is 1.94. The van der Waals surface area contributed by atoms with Crippen molar-refractivity contribution in [1.82, 2.24) is 15.1 Å². The number of hydrogen-bond donors (Lipinski definition) is 4. The molecule has 11 heteroatoms. The lowest BCUT2D eigenvalue weighted by molar-refractivity contribution is -0.117. The topological polar surface area (TPSA) is 141 Å². The Bertz CT molecular complexity index is 1330. The number of anilines is 2. The number of aliphatic imine (C=N–C) groups is 1. The summed E-state index contributed by atoms with van der Waals surface area (Å²) in [4.78, 5) is 19.7. The second kappa shape index (κ2) is 10.0. The number of benzodiazepines with no additional fused rings is 1. The highest BCUT2D eigenvalue weighted by atomic mass is 16.5. The number of hydrogen-bond acceptors (Lipinski definition) is 8. The summed E-state index contributed by atoms with van der Waals surface area (Å²) >= 11 is 0. The molecule has 1 fully saturated rings. The zero-order valence-electron chi connectivity index (χ0n) is 19.7. The SMILES string of the molecule is Cn1ncc(C(=N)OC(=N)NC2N=C(c3ccccc3)c3ccccc3NC2=O)c1N1CCOCC1. The fraction of sp³-hybridized carbons (Fsp3) is 0.240. The number of para-hydroxylation sites is 1. The molecule has 1 aromatic heterocycles. The van der Waals surface area contributed by atoms with Gasteiger partial charge in [-0.05, 0) is 6.07 Å². The summed E-state index contributed by atoms with van der Waals surface area (Å²) in [5.41, 5.74) is 3.27. The third-order valence-corrected chi connectivity index (χ3v) is 5.93. The summed E-state index contributed by atoms with van der Waals surface area (Å²) in [5.74, 6) is 0.0125. The first-order chi connectivity index (χ1) is 17.5. The Hall–Kier alpha value is -4.51. The van der Waals surface area contributed by atoms with Crippen molar-refractivity contribution in [2.45, 2.75) is 6.17 Å². The van der Waals surface area contributed by atoms with Gasteiger partial charge in [0.25, 0.3) is 11.9 Å². The van der Waals surface area contributed by atoms with Gasteiger partial charge in [-0.2, -0.15) is 5.10 Å². The van der Waals surface area contributed by atoms with Crippen LogP contribution >= 0.6 is 0 Å². The monoisotopic (exact) mass is 486 g/mol. The minimum Gasteiger partial charge on any atom is -0.407 e. The lowest BCUT2D eigenvalue weighted by Crippen LogP contribution is -2.43. The Morgan fingerprint density at radius 1 is 1.11 bits per heavy atom. The number of amides is 1. The molecule has 1 amide bonds. The van der Waals surface area contributed by atoms with E-state index in [1.807, 2.05) is 48.5 Å². The zero-order valence-corrected chi connectivity index (χ0v) is 19.7. The van der Waals surface area contributed by atoms with Crippen LogP contribution in [-0.4, -0.2) is 65.8 Å². The molecule has 3 aromatic rings. The Morgan fingerprint density at radius 2 is 1.83 bits per heavy atom. The number of nitrogens with one attached hydrogen (secondary N) is 4. The average Bonchev–Trinajstić information content (AvgIpc) is 3.23. The first kappa shape index (κ1) is 23.2. The van der Waals surface area contributed by atoms with Crippen LogP contribution in [0.5, 0.6) is 0 Å². The molecule has 0 aliphatic carbocycles. The van der Waals surface area contributed by atoms with Crippen molar-refractivity contribution in [2.24, 2.45) is 12.0 Å². The Balaban J connectivity index is 1.36. The van der Waals surface area contributed by atoms with Crippen molar-refractivity contribution in [1.29, 1.82) is 10.8 Å². The average molecular weight is 487 g/mol. The van der Waals surface area contributed by atoms with E-state index in [2.05, 4.69) is 25.6 Å². The van der Waals surface area contributed by atoms with Crippen LogP contribution in [0.25, 0.3) is 0 Å². The molecule has 2 aromatic carbocycles. The quantitative estimate of drug-likeness (QED) is 0.328. The predicted molar refractivity (Wildman–Crippen MR) is 136 cm³/mol. The molecule has 5 rings (SSSR count). The van der Waals surface area contributed by atoms with Gasteiger partial charge in [-0.1, -0.05) is 48.5 Å². The number of morpholine rings is 1. The molecule has 3 heterocycles. The van der Waals surface area contributed by atoms with Crippen molar-refractivity contribution in [3.8, 4) is 0 Å². The van der Waals surface area contributed by atoms with Crippen molar-refractivity contribution in [3.05, 3.63) is 77.5 Å². The molecule has 2 aliphatic rings. The first-order valence-electron chi connectivity index (χ1n) is 11.5. The molecular formula is C25H26N8O3. The summed E-state index contributed by atoms with van der Waals surface area (Å²) in [6.07, 6.45) is 0.390. The van der Waals surface area contributed by atoms with Crippen LogP contribution in [0.3, 0.4) is 0 Å². The number of nitrogens with zero attached hydrogens (tertiary/aromatic N) is 4. The maximum Gasteiger partial charge on any atom is 0.290 e. The highest BCUT2D eigenvalue weighted by Gasteiger charge is 2.28. The van der Waals surface area contributed by atoms with Gasteiger partial charge in [0.1, 0.15) is 5.82 Å². The maximum absolute atomic E-state index is 13.0. The van der Waals surface area contributed by atoms with Gasteiger partial charge < -0.3 is 25.0 Å². The van der Waals surface area contributed by atoms with Crippen molar-refractivity contribution in [3.63, 3.8) is 0 Å². The van der Waals surface area contributed by atoms with Gasteiger partial charge in [-0.3, -0.25) is 20.3 Å². The largest absolute Gasteiger partial charge is 0.407 e. The Morgan fingerprint density at radius 3 is 2.61 bits per heavy atom. The highest BCUT2D eigenvalue weighted by Crippen LogP contribution is 2.24. The molecule has 184 valence electrons. The van der Waals surface area contributed by atoms with Gasteiger partial charge in [0.2, 0.25) is 12.1 Å². The third kappa shape index (κ3) is 4.68. The van der Waals surface area contributed by atoms with E-state index in [-0.39, 0.29) is 5.90 Å². The fourth-order valence-electron chi connectivity index (χ4n) is 4.23. The molecule has 1 unspecified atom stereocenters. The standard InChI is InChI=1S/C25H26N8O3/c1-32-24(33-11-13-35-14-12-33)18(15-28-32)21(26)36-25(27)31-22-23(34)29-19-10-6-5-9-17(19)20(30-22)16-7-3-2-4-8-16/h2-10,15,22,26H,11-14H2,1H3,(H2,27,31)(H,29,34). The molecule has 0 saturated carbocycles. The molecule has 2 aliphatic heterocycles. The summed E-state index contributed by atoms with van der Waals surface area (Å²) in [5, 5.41) is 26.6. The summed E-state index contributed by atoms with van der Waals surface area (Å²) in [6.45, 7) is 2.48. The molecular weight excluding hydrogens is 460 g/mol. The van der Waals surface area contributed by atoms with Gasteiger partial charge in [0, 0.05) is 31.3 Å². The molecule has 1 atom stereocenters. The normalized spacial score (nSPS) is 17.4. The second-order valence-electron chi connectivity index (χ2n) is 8.29. The highest BCUT2D eigenvalue weighted by molar-refractivity contribution is 6.19. The van der Waals surface area contributed by atoms with Crippen molar-refractivity contribution < 1.29 is 14.3 Å². The Kier molecular flexibility index (Phi) is 6.46. The van der Waals surface area contributed by atoms with E-state index < -0.39 is 18.1 Å². The Labute approximate surface area is 207 Å². The number of fused-ring (bicyclic) bond motifs is 1. The number of aromatic nitrogens is 2. The van der Waals surface area contributed by atoms with Crippen molar-refractivity contribution in [2.75, 3.05) is 36.5 Å². The van der Waals surface area contributed by atoms with Gasteiger partial charge in [0.15, 0.2) is 0 Å². The summed E-state index contributed by atoms with van der Waals surface area (Å²) in [6, 6.07) is 16.5. The molecule has 1 saturated heterocycles. The van der Waals surface area contributed by atoms with E-state index in [1.54, 1.807) is 17.8 Å². The van der Waals surface area contributed by atoms with E-state index in [1.165, 1.54) is 6.20 Å². The van der Waals surface area contributed by atoms with Crippen LogP contribution in [0, 0.1) is 10.8 Å². The molecule has 0 spiro atoms. The van der Waals surface area contributed by atoms with Crippen LogP contribution in [0.1, 0.15) is 16.7 Å². The van der Waals surface area contributed by atoms with Crippen molar-refractivity contribution >= 4 is 35.0 Å². The maximum atomic E-state index is 13.0. The van der Waals surface area contributed by atoms with Crippen LogP contribution in [0.15, 0.2) is 65.8 Å². The van der Waals surface area contributed by atoms with Gasteiger partial charge in [-0.15, -0.1) is 0 Å². The van der Waals surface area contributed by atoms with E-state index in [9.17, 15) is 4.79 Å². The van der Waals surface area contributed by atoms with Gasteiger partial charge in [0.05, 0.1) is 36.4 Å². The number of aryl methyl sites for hydroxylation is 1. The molecule has 4 N–H and O–H groups in total. The van der Waals surface area contributed by atoms with Crippen LogP contribution < -0.4 is 15.5 Å². The smallest absolute Gasteiger partial charge is 0.290 e. The molecule has 36 heavy (non-hydrogen) atoms. The molecule has 0 bridgehead atoms. The number of amidine groups is 1. The number of rotatable bonds is 4. The van der Waals surface area contributed by atoms with Crippen LogP contribution in [-0.2, 0) is 21.3 Å². The lowest BCUT2D eigenvalue weighted by Gasteiger charge is -2.29. The van der Waals surface area contributed by atoms with E-state index >= 15 is 0 Å². The molecule has 0 radical (unpaired) electrons. The number of ether oxygens (including phenoxy) is 2. The zero-order chi connectivity index (χ0) is 25.1. The van der Waals surface area contributed by atoms with Gasteiger partial charge in [-0.25, -0.2) is 4.99 Å². The minimum absolute atomic E-state index is 0.258. The summed E-state index contributed by atoms with van der Waals surface area (Å²) in [7, 11) is 1.79. The van der Waals surface area contributed by atoms with E-state index in [0.717, 1.165) is 11.1 Å². The number of carbonyl (C=O) groups is 1. The lowest BCUT2D eigenvalue weighted by atomic mass is 10.0. The minimum atomic E-state index is -1.14.